The Balaban J connectivity index is 1.95. The van der Waals surface area contributed by atoms with Gasteiger partial charge in [0.2, 0.25) is 11.9 Å². The smallest absolute Gasteiger partial charge is 0.222 e. The highest BCUT2D eigenvalue weighted by atomic mass is 79.9. The van der Waals surface area contributed by atoms with Gasteiger partial charge in [-0.2, -0.15) is 0 Å². The van der Waals surface area contributed by atoms with Gasteiger partial charge in [0.05, 0.1) is 4.47 Å². The van der Waals surface area contributed by atoms with Crippen LogP contribution < -0.4 is 5.32 Å². The van der Waals surface area contributed by atoms with Gasteiger partial charge in [0.25, 0.3) is 0 Å². The van der Waals surface area contributed by atoms with Crippen LogP contribution >= 0.6 is 15.9 Å². The van der Waals surface area contributed by atoms with Gasteiger partial charge in [0.15, 0.2) is 0 Å². The van der Waals surface area contributed by atoms with Crippen LogP contribution in [0, 0.1) is 0 Å². The minimum atomic E-state index is 0.203. The highest BCUT2D eigenvalue weighted by Gasteiger charge is 2.22. The molecule has 1 saturated heterocycles. The largest absolute Gasteiger partial charge is 0.350 e. The molecule has 0 spiro atoms. The zero-order valence-corrected chi connectivity index (χ0v) is 10.6. The van der Waals surface area contributed by atoms with Gasteiger partial charge in [-0.3, -0.25) is 4.79 Å². The number of aromatic nitrogens is 2. The van der Waals surface area contributed by atoms with Gasteiger partial charge in [0, 0.05) is 38.4 Å². The number of anilines is 1. The van der Waals surface area contributed by atoms with Gasteiger partial charge < -0.3 is 10.2 Å². The normalized spacial score (nSPS) is 21.0. The molecule has 1 aromatic rings. The SMILES string of the molecule is CN1CC(Nc2ncc(Br)cn2)CCC1=O. The number of carbonyl (C=O) groups is 1. The second kappa shape index (κ2) is 4.78. The summed E-state index contributed by atoms with van der Waals surface area (Å²) in [5.41, 5.74) is 0. The van der Waals surface area contributed by atoms with Crippen LogP contribution in [-0.4, -0.2) is 40.4 Å². The maximum atomic E-state index is 11.3. The first-order chi connectivity index (χ1) is 7.65. The van der Waals surface area contributed by atoms with Crippen molar-refractivity contribution >= 4 is 27.8 Å². The summed E-state index contributed by atoms with van der Waals surface area (Å²) in [5.74, 6) is 0.811. The fourth-order valence-corrected chi connectivity index (χ4v) is 1.90. The van der Waals surface area contributed by atoms with E-state index in [2.05, 4.69) is 31.2 Å². The first kappa shape index (κ1) is 11.3. The average Bonchev–Trinajstić information content (AvgIpc) is 2.27. The van der Waals surface area contributed by atoms with Crippen molar-refractivity contribution in [3.05, 3.63) is 16.9 Å². The molecular formula is C10H13BrN4O. The number of likely N-dealkylation sites (N-methyl/N-ethyl adjacent to an activating group) is 1. The molecule has 1 aliphatic heterocycles. The summed E-state index contributed by atoms with van der Waals surface area (Å²) in [4.78, 5) is 21.3. The Morgan fingerprint density at radius 2 is 2.19 bits per heavy atom. The fourth-order valence-electron chi connectivity index (χ4n) is 1.70. The standard InChI is InChI=1S/C10H13BrN4O/c1-15-6-8(2-3-9(15)16)14-10-12-4-7(11)5-13-10/h4-5,8H,2-3,6H2,1H3,(H,12,13,14). The molecule has 1 aromatic heterocycles. The van der Waals surface area contributed by atoms with E-state index >= 15 is 0 Å². The summed E-state index contributed by atoms with van der Waals surface area (Å²) in [6.07, 6.45) is 4.83. The van der Waals surface area contributed by atoms with Crippen molar-refractivity contribution in [2.75, 3.05) is 18.9 Å². The zero-order valence-electron chi connectivity index (χ0n) is 8.98. The molecule has 0 aromatic carbocycles. The van der Waals surface area contributed by atoms with E-state index in [0.717, 1.165) is 10.9 Å². The lowest BCUT2D eigenvalue weighted by molar-refractivity contribution is -0.132. The predicted molar refractivity (Wildman–Crippen MR) is 64.0 cm³/mol. The van der Waals surface area contributed by atoms with E-state index in [1.165, 1.54) is 0 Å². The Kier molecular flexibility index (Phi) is 3.38. The Morgan fingerprint density at radius 3 is 2.81 bits per heavy atom. The molecule has 16 heavy (non-hydrogen) atoms. The Bertz CT molecular complexity index is 381. The zero-order chi connectivity index (χ0) is 11.5. The molecule has 1 aliphatic rings. The number of rotatable bonds is 2. The lowest BCUT2D eigenvalue weighted by Gasteiger charge is -2.30. The summed E-state index contributed by atoms with van der Waals surface area (Å²) in [6, 6.07) is 0.240. The number of piperidine rings is 1. The van der Waals surface area contributed by atoms with Crippen LogP contribution in [0.15, 0.2) is 16.9 Å². The van der Waals surface area contributed by atoms with Crippen LogP contribution in [0.1, 0.15) is 12.8 Å². The molecule has 5 nitrogen and oxygen atoms in total. The Labute approximate surface area is 102 Å². The number of nitrogens with zero attached hydrogens (tertiary/aromatic N) is 3. The van der Waals surface area contributed by atoms with Gasteiger partial charge in [-0.15, -0.1) is 0 Å². The van der Waals surface area contributed by atoms with Crippen molar-refractivity contribution in [3.63, 3.8) is 0 Å². The Morgan fingerprint density at radius 1 is 1.50 bits per heavy atom. The van der Waals surface area contributed by atoms with E-state index in [1.807, 2.05) is 7.05 Å². The first-order valence-corrected chi connectivity index (χ1v) is 5.92. The van der Waals surface area contributed by atoms with Crippen LogP contribution in [0.25, 0.3) is 0 Å². The summed E-state index contributed by atoms with van der Waals surface area (Å²) in [7, 11) is 1.82. The Hall–Kier alpha value is -1.17. The van der Waals surface area contributed by atoms with Crippen molar-refractivity contribution in [2.45, 2.75) is 18.9 Å². The molecule has 2 rings (SSSR count). The van der Waals surface area contributed by atoms with Crippen molar-refractivity contribution in [1.82, 2.24) is 14.9 Å². The van der Waals surface area contributed by atoms with Crippen LogP contribution in [0.3, 0.4) is 0 Å². The van der Waals surface area contributed by atoms with Crippen molar-refractivity contribution < 1.29 is 4.79 Å². The summed E-state index contributed by atoms with van der Waals surface area (Å²) < 4.78 is 0.856. The van der Waals surface area contributed by atoms with Crippen molar-refractivity contribution in [2.24, 2.45) is 0 Å². The number of halogens is 1. The number of hydrogen-bond donors (Lipinski definition) is 1. The predicted octanol–water partition coefficient (Wildman–Crippen LogP) is 1.27. The van der Waals surface area contributed by atoms with E-state index in [9.17, 15) is 4.79 Å². The molecule has 0 radical (unpaired) electrons. The molecule has 1 N–H and O–H groups in total. The second-order valence-electron chi connectivity index (χ2n) is 3.88. The number of hydrogen-bond acceptors (Lipinski definition) is 4. The molecule has 2 heterocycles. The highest BCUT2D eigenvalue weighted by Crippen LogP contribution is 2.14. The fraction of sp³-hybridized carbons (Fsp3) is 0.500. The van der Waals surface area contributed by atoms with Crippen LogP contribution in [0.4, 0.5) is 5.95 Å². The van der Waals surface area contributed by atoms with Crippen LogP contribution in [0.2, 0.25) is 0 Å². The third-order valence-electron chi connectivity index (χ3n) is 2.58. The van der Waals surface area contributed by atoms with E-state index in [4.69, 9.17) is 0 Å². The molecule has 0 saturated carbocycles. The lowest BCUT2D eigenvalue weighted by atomic mass is 10.1. The minimum Gasteiger partial charge on any atom is -0.350 e. The van der Waals surface area contributed by atoms with Crippen LogP contribution in [-0.2, 0) is 4.79 Å². The number of carbonyl (C=O) groups excluding carboxylic acids is 1. The van der Waals surface area contributed by atoms with Gasteiger partial charge in [-0.05, 0) is 22.4 Å². The van der Waals surface area contributed by atoms with Crippen LogP contribution in [0.5, 0.6) is 0 Å². The molecule has 1 atom stereocenters. The third kappa shape index (κ3) is 2.69. The molecule has 0 aliphatic carbocycles. The second-order valence-corrected chi connectivity index (χ2v) is 4.79. The lowest BCUT2D eigenvalue weighted by Crippen LogP contribution is -2.43. The quantitative estimate of drug-likeness (QED) is 0.889. The van der Waals surface area contributed by atoms with Gasteiger partial charge in [0.1, 0.15) is 0 Å². The number of likely N-dealkylation sites (tertiary alicyclic amines) is 1. The topological polar surface area (TPSA) is 58.1 Å². The van der Waals surface area contributed by atoms with E-state index in [0.29, 0.717) is 18.9 Å². The molecule has 1 amide bonds. The molecule has 1 fully saturated rings. The molecule has 0 bridgehead atoms. The third-order valence-corrected chi connectivity index (χ3v) is 2.99. The summed E-state index contributed by atoms with van der Waals surface area (Å²) >= 11 is 3.28. The average molecular weight is 285 g/mol. The first-order valence-electron chi connectivity index (χ1n) is 5.13. The maximum absolute atomic E-state index is 11.3. The number of nitrogens with one attached hydrogen (secondary N) is 1. The van der Waals surface area contributed by atoms with E-state index in [-0.39, 0.29) is 11.9 Å². The van der Waals surface area contributed by atoms with Gasteiger partial charge >= 0.3 is 0 Å². The van der Waals surface area contributed by atoms with E-state index in [1.54, 1.807) is 17.3 Å². The molecular weight excluding hydrogens is 272 g/mol. The maximum Gasteiger partial charge on any atom is 0.222 e. The van der Waals surface area contributed by atoms with Gasteiger partial charge in [-0.1, -0.05) is 0 Å². The summed E-state index contributed by atoms with van der Waals surface area (Å²) in [5, 5.41) is 3.22. The molecule has 86 valence electrons. The highest BCUT2D eigenvalue weighted by molar-refractivity contribution is 9.10. The van der Waals surface area contributed by atoms with Gasteiger partial charge in [-0.25, -0.2) is 9.97 Å². The van der Waals surface area contributed by atoms with Crippen molar-refractivity contribution in [1.29, 1.82) is 0 Å². The van der Waals surface area contributed by atoms with E-state index < -0.39 is 0 Å². The molecule has 1 unspecified atom stereocenters. The minimum absolute atomic E-state index is 0.203. The summed E-state index contributed by atoms with van der Waals surface area (Å²) in [6.45, 7) is 0.707. The van der Waals surface area contributed by atoms with Crippen molar-refractivity contribution in [3.8, 4) is 0 Å². The molecule has 6 heteroatoms. The number of amides is 1. The monoisotopic (exact) mass is 284 g/mol.